The first kappa shape index (κ1) is 15.0. The molecule has 0 aliphatic rings. The Morgan fingerprint density at radius 3 is 2.33 bits per heavy atom. The maximum atomic E-state index is 9.88. The third-order valence-corrected chi connectivity index (χ3v) is 2.92. The number of hydrogen-bond donors (Lipinski definition) is 2. The zero-order valence-corrected chi connectivity index (χ0v) is 12.1. The number of ether oxygens (including phenoxy) is 1. The first-order valence-corrected chi connectivity index (χ1v) is 6.32. The molecule has 1 unspecified atom stereocenters. The van der Waals surface area contributed by atoms with E-state index in [1.165, 1.54) is 5.56 Å². The summed E-state index contributed by atoms with van der Waals surface area (Å²) in [4.78, 5) is 0. The molecule has 0 fully saturated rings. The van der Waals surface area contributed by atoms with Crippen molar-refractivity contribution in [3.05, 3.63) is 29.3 Å². The van der Waals surface area contributed by atoms with Crippen molar-refractivity contribution in [3.63, 3.8) is 0 Å². The van der Waals surface area contributed by atoms with E-state index in [0.717, 1.165) is 11.3 Å². The molecule has 0 spiro atoms. The van der Waals surface area contributed by atoms with Crippen molar-refractivity contribution < 1.29 is 9.84 Å². The number of rotatable bonds is 4. The van der Waals surface area contributed by atoms with E-state index in [1.807, 2.05) is 12.1 Å². The van der Waals surface area contributed by atoms with Gasteiger partial charge in [0.25, 0.3) is 0 Å². The maximum Gasteiger partial charge on any atom is 0.123 e. The molecule has 0 aliphatic carbocycles. The number of hydrogen-bond acceptors (Lipinski definition) is 3. The zero-order valence-electron chi connectivity index (χ0n) is 12.1. The summed E-state index contributed by atoms with van der Waals surface area (Å²) < 4.78 is 5.74. The van der Waals surface area contributed by atoms with Crippen LogP contribution in [0.15, 0.2) is 18.2 Å². The highest BCUT2D eigenvalue weighted by atomic mass is 16.5. The highest BCUT2D eigenvalue weighted by molar-refractivity contribution is 5.41. The second-order valence-electron chi connectivity index (χ2n) is 6.24. The lowest BCUT2D eigenvalue weighted by atomic mass is 9.85. The van der Waals surface area contributed by atoms with Crippen LogP contribution < -0.4 is 10.5 Å². The van der Waals surface area contributed by atoms with Crippen LogP contribution in [-0.4, -0.2) is 23.9 Å². The SMILES string of the molecule is Cc1ccc(OCC(C)(O)CN)c(C(C)(C)C)c1. The Kier molecular flexibility index (Phi) is 4.41. The predicted octanol–water partition coefficient (Wildman–Crippen LogP) is 2.38. The third kappa shape index (κ3) is 4.00. The van der Waals surface area contributed by atoms with Crippen LogP contribution in [0.4, 0.5) is 0 Å². The average Bonchev–Trinajstić information content (AvgIpc) is 2.26. The number of benzene rings is 1. The Morgan fingerprint density at radius 1 is 1.22 bits per heavy atom. The minimum atomic E-state index is -0.986. The van der Waals surface area contributed by atoms with Crippen molar-refractivity contribution in [1.82, 2.24) is 0 Å². The van der Waals surface area contributed by atoms with Gasteiger partial charge in [-0.3, -0.25) is 0 Å². The van der Waals surface area contributed by atoms with E-state index in [4.69, 9.17) is 10.5 Å². The van der Waals surface area contributed by atoms with Crippen molar-refractivity contribution in [1.29, 1.82) is 0 Å². The fourth-order valence-corrected chi connectivity index (χ4v) is 1.65. The summed E-state index contributed by atoms with van der Waals surface area (Å²) in [5, 5.41) is 9.88. The van der Waals surface area contributed by atoms with Crippen LogP contribution in [0.1, 0.15) is 38.8 Å². The number of aliphatic hydroxyl groups is 1. The molecule has 0 heterocycles. The van der Waals surface area contributed by atoms with E-state index in [9.17, 15) is 5.11 Å². The van der Waals surface area contributed by atoms with Gasteiger partial charge in [-0.25, -0.2) is 0 Å². The molecule has 0 bridgehead atoms. The molecule has 3 nitrogen and oxygen atoms in total. The molecule has 102 valence electrons. The lowest BCUT2D eigenvalue weighted by molar-refractivity contribution is 0.0190. The van der Waals surface area contributed by atoms with Gasteiger partial charge in [0.2, 0.25) is 0 Å². The van der Waals surface area contributed by atoms with E-state index in [0.29, 0.717) is 0 Å². The summed E-state index contributed by atoms with van der Waals surface area (Å²) >= 11 is 0. The smallest absolute Gasteiger partial charge is 0.123 e. The first-order chi connectivity index (χ1) is 8.15. The van der Waals surface area contributed by atoms with Gasteiger partial charge in [0.1, 0.15) is 18.0 Å². The van der Waals surface area contributed by atoms with Crippen molar-refractivity contribution in [3.8, 4) is 5.75 Å². The summed E-state index contributed by atoms with van der Waals surface area (Å²) in [5.74, 6) is 0.821. The predicted molar refractivity (Wildman–Crippen MR) is 75.1 cm³/mol. The molecule has 1 rings (SSSR count). The van der Waals surface area contributed by atoms with Gasteiger partial charge < -0.3 is 15.6 Å². The molecule has 0 aromatic heterocycles. The lowest BCUT2D eigenvalue weighted by Crippen LogP contribution is -2.40. The van der Waals surface area contributed by atoms with Crippen LogP contribution in [0.25, 0.3) is 0 Å². The molecule has 3 N–H and O–H groups in total. The highest BCUT2D eigenvalue weighted by Crippen LogP contribution is 2.32. The van der Waals surface area contributed by atoms with E-state index < -0.39 is 5.60 Å². The lowest BCUT2D eigenvalue weighted by Gasteiger charge is -2.26. The molecule has 3 heteroatoms. The van der Waals surface area contributed by atoms with Gasteiger partial charge in [0.15, 0.2) is 0 Å². The Balaban J connectivity index is 2.96. The van der Waals surface area contributed by atoms with Gasteiger partial charge in [0.05, 0.1) is 0 Å². The van der Waals surface area contributed by atoms with Crippen molar-refractivity contribution >= 4 is 0 Å². The van der Waals surface area contributed by atoms with Crippen molar-refractivity contribution in [2.75, 3.05) is 13.2 Å². The summed E-state index contributed by atoms with van der Waals surface area (Å²) in [7, 11) is 0. The summed E-state index contributed by atoms with van der Waals surface area (Å²) in [6.45, 7) is 10.6. The van der Waals surface area contributed by atoms with Crippen LogP contribution in [0, 0.1) is 6.92 Å². The Hall–Kier alpha value is -1.06. The monoisotopic (exact) mass is 251 g/mol. The Bertz CT molecular complexity index is 405. The molecule has 0 amide bonds. The second kappa shape index (κ2) is 5.29. The van der Waals surface area contributed by atoms with E-state index in [-0.39, 0.29) is 18.6 Å². The molecule has 1 atom stereocenters. The second-order valence-corrected chi connectivity index (χ2v) is 6.24. The quantitative estimate of drug-likeness (QED) is 0.864. The van der Waals surface area contributed by atoms with Gasteiger partial charge in [-0.1, -0.05) is 38.5 Å². The topological polar surface area (TPSA) is 55.5 Å². The molecule has 0 saturated carbocycles. The summed E-state index contributed by atoms with van der Waals surface area (Å²) in [6, 6.07) is 6.11. The molecule has 0 saturated heterocycles. The first-order valence-electron chi connectivity index (χ1n) is 6.32. The van der Waals surface area contributed by atoms with Crippen LogP contribution in [0.3, 0.4) is 0 Å². The van der Waals surface area contributed by atoms with Gasteiger partial charge in [-0.2, -0.15) is 0 Å². The molecule has 1 aromatic rings. The fourth-order valence-electron chi connectivity index (χ4n) is 1.65. The van der Waals surface area contributed by atoms with Crippen LogP contribution >= 0.6 is 0 Å². The van der Waals surface area contributed by atoms with E-state index in [1.54, 1.807) is 6.92 Å². The molecule has 0 radical (unpaired) electrons. The standard InChI is InChI=1S/C15H25NO2/c1-11-6-7-13(12(8-11)14(2,3)4)18-10-15(5,17)9-16/h6-8,17H,9-10,16H2,1-5H3. The van der Waals surface area contributed by atoms with E-state index >= 15 is 0 Å². The molecule has 18 heavy (non-hydrogen) atoms. The zero-order chi connectivity index (χ0) is 14.0. The Labute approximate surface area is 110 Å². The van der Waals surface area contributed by atoms with Crippen LogP contribution in [-0.2, 0) is 5.41 Å². The fraction of sp³-hybridized carbons (Fsp3) is 0.600. The van der Waals surface area contributed by atoms with Gasteiger partial charge in [0, 0.05) is 6.54 Å². The molecular weight excluding hydrogens is 226 g/mol. The average molecular weight is 251 g/mol. The third-order valence-electron chi connectivity index (χ3n) is 2.92. The number of nitrogens with two attached hydrogens (primary N) is 1. The summed E-state index contributed by atoms with van der Waals surface area (Å²) in [6.07, 6.45) is 0. The van der Waals surface area contributed by atoms with Crippen LogP contribution in [0.2, 0.25) is 0 Å². The Morgan fingerprint density at radius 2 is 1.83 bits per heavy atom. The molecule has 1 aromatic carbocycles. The maximum absolute atomic E-state index is 9.88. The van der Waals surface area contributed by atoms with Crippen LogP contribution in [0.5, 0.6) is 5.75 Å². The van der Waals surface area contributed by atoms with Gasteiger partial charge in [-0.05, 0) is 30.9 Å². The molecule has 0 aliphatic heterocycles. The minimum Gasteiger partial charge on any atom is -0.490 e. The van der Waals surface area contributed by atoms with Gasteiger partial charge in [-0.15, -0.1) is 0 Å². The van der Waals surface area contributed by atoms with Crippen molar-refractivity contribution in [2.45, 2.75) is 45.6 Å². The van der Waals surface area contributed by atoms with Gasteiger partial charge >= 0.3 is 0 Å². The van der Waals surface area contributed by atoms with E-state index in [2.05, 4.69) is 33.8 Å². The largest absolute Gasteiger partial charge is 0.490 e. The minimum absolute atomic E-state index is 0.00985. The summed E-state index contributed by atoms with van der Waals surface area (Å²) in [5.41, 5.74) is 6.87. The highest BCUT2D eigenvalue weighted by Gasteiger charge is 2.23. The number of aryl methyl sites for hydroxylation is 1. The van der Waals surface area contributed by atoms with Crippen molar-refractivity contribution in [2.24, 2.45) is 5.73 Å². The molecular formula is C15H25NO2. The normalized spacial score (nSPS) is 15.3.